The van der Waals surface area contributed by atoms with Crippen molar-refractivity contribution in [3.63, 3.8) is 0 Å². The van der Waals surface area contributed by atoms with Gasteiger partial charge < -0.3 is 14.7 Å². The molecule has 0 aliphatic carbocycles. The predicted octanol–water partition coefficient (Wildman–Crippen LogP) is 0.395. The summed E-state index contributed by atoms with van der Waals surface area (Å²) in [6.45, 7) is 3.96. The van der Waals surface area contributed by atoms with E-state index in [9.17, 15) is 9.90 Å². The Morgan fingerprint density at radius 1 is 1.53 bits per heavy atom. The number of ether oxygens (including phenoxy) is 1. The third kappa shape index (κ3) is 2.16. The second-order valence-electron chi connectivity index (χ2n) is 4.44. The molecule has 15 heavy (non-hydrogen) atoms. The molecule has 1 N–H and O–H groups in total. The minimum Gasteiger partial charge on any atom is -0.391 e. The minimum atomic E-state index is -0.323. The molecule has 2 aliphatic heterocycles. The molecule has 4 nitrogen and oxygen atoms in total. The molecule has 2 heterocycles. The van der Waals surface area contributed by atoms with E-state index in [1.807, 2.05) is 0 Å². The molecule has 0 spiro atoms. The molecule has 1 amide bonds. The number of aliphatic hydroxyl groups excluding tert-OH is 1. The van der Waals surface area contributed by atoms with E-state index in [1.165, 1.54) is 0 Å². The number of likely N-dealkylation sites (tertiary alicyclic amines) is 1. The van der Waals surface area contributed by atoms with E-state index in [-0.39, 0.29) is 24.0 Å². The first-order valence-electron chi connectivity index (χ1n) is 5.80. The van der Waals surface area contributed by atoms with Crippen molar-refractivity contribution in [2.75, 3.05) is 19.7 Å². The van der Waals surface area contributed by atoms with Crippen LogP contribution in [0.5, 0.6) is 0 Å². The number of hydrogen-bond donors (Lipinski definition) is 1. The Morgan fingerprint density at radius 2 is 2.33 bits per heavy atom. The van der Waals surface area contributed by atoms with Gasteiger partial charge in [0.2, 0.25) is 5.91 Å². The number of rotatable bonds is 2. The van der Waals surface area contributed by atoms with Crippen molar-refractivity contribution in [2.24, 2.45) is 5.92 Å². The molecular weight excluding hydrogens is 194 g/mol. The second-order valence-corrected chi connectivity index (χ2v) is 4.44. The van der Waals surface area contributed by atoms with E-state index < -0.39 is 0 Å². The summed E-state index contributed by atoms with van der Waals surface area (Å²) < 4.78 is 5.51. The Labute approximate surface area is 90.2 Å². The van der Waals surface area contributed by atoms with Crippen molar-refractivity contribution in [2.45, 2.75) is 38.4 Å². The maximum atomic E-state index is 12.1. The highest BCUT2D eigenvalue weighted by Crippen LogP contribution is 2.26. The fourth-order valence-corrected chi connectivity index (χ4v) is 2.51. The molecule has 2 saturated heterocycles. The van der Waals surface area contributed by atoms with Crippen LogP contribution in [0.3, 0.4) is 0 Å². The molecule has 2 unspecified atom stereocenters. The fourth-order valence-electron chi connectivity index (χ4n) is 2.51. The van der Waals surface area contributed by atoms with Gasteiger partial charge in [-0.05, 0) is 19.3 Å². The van der Waals surface area contributed by atoms with Crippen LogP contribution in [-0.2, 0) is 9.53 Å². The third-order valence-corrected chi connectivity index (χ3v) is 3.40. The zero-order chi connectivity index (χ0) is 10.8. The van der Waals surface area contributed by atoms with Gasteiger partial charge in [0.25, 0.3) is 0 Å². The van der Waals surface area contributed by atoms with Crippen LogP contribution in [0.15, 0.2) is 0 Å². The van der Waals surface area contributed by atoms with Crippen molar-refractivity contribution in [3.05, 3.63) is 0 Å². The number of nitrogens with zero attached hydrogens (tertiary/aromatic N) is 1. The zero-order valence-electron chi connectivity index (χ0n) is 9.19. The van der Waals surface area contributed by atoms with Crippen molar-refractivity contribution < 1.29 is 14.6 Å². The van der Waals surface area contributed by atoms with Gasteiger partial charge in [0.1, 0.15) is 0 Å². The molecule has 86 valence electrons. The maximum absolute atomic E-state index is 12.1. The topological polar surface area (TPSA) is 49.8 Å². The Morgan fingerprint density at radius 3 is 2.93 bits per heavy atom. The quantitative estimate of drug-likeness (QED) is 0.722. The van der Waals surface area contributed by atoms with Gasteiger partial charge in [0, 0.05) is 19.7 Å². The van der Waals surface area contributed by atoms with E-state index in [0.717, 1.165) is 19.3 Å². The normalized spacial score (nSPS) is 36.1. The molecule has 2 fully saturated rings. The molecule has 0 aromatic heterocycles. The molecule has 2 rings (SSSR count). The largest absolute Gasteiger partial charge is 0.391 e. The summed E-state index contributed by atoms with van der Waals surface area (Å²) in [5, 5.41) is 9.39. The zero-order valence-corrected chi connectivity index (χ0v) is 9.19. The average molecular weight is 213 g/mol. The lowest BCUT2D eigenvalue weighted by molar-refractivity contribution is -0.136. The van der Waals surface area contributed by atoms with Crippen LogP contribution in [0.4, 0.5) is 0 Å². The highest BCUT2D eigenvalue weighted by Gasteiger charge is 2.37. The van der Waals surface area contributed by atoms with Crippen LogP contribution in [0, 0.1) is 5.92 Å². The van der Waals surface area contributed by atoms with Crippen LogP contribution in [0.1, 0.15) is 26.2 Å². The van der Waals surface area contributed by atoms with Gasteiger partial charge >= 0.3 is 0 Å². The van der Waals surface area contributed by atoms with Crippen molar-refractivity contribution in [1.29, 1.82) is 0 Å². The lowest BCUT2D eigenvalue weighted by Gasteiger charge is -2.22. The molecular formula is C11H19NO3. The number of amides is 1. The Kier molecular flexibility index (Phi) is 3.26. The van der Waals surface area contributed by atoms with E-state index in [0.29, 0.717) is 19.7 Å². The summed E-state index contributed by atoms with van der Waals surface area (Å²) >= 11 is 0. The van der Waals surface area contributed by atoms with Crippen LogP contribution >= 0.6 is 0 Å². The Balaban J connectivity index is 1.95. The summed E-state index contributed by atoms with van der Waals surface area (Å²) in [6.07, 6.45) is 2.22. The summed E-state index contributed by atoms with van der Waals surface area (Å²) in [5.41, 5.74) is 0. The molecule has 3 atom stereocenters. The van der Waals surface area contributed by atoms with Crippen LogP contribution in [0.25, 0.3) is 0 Å². The van der Waals surface area contributed by atoms with E-state index in [2.05, 4.69) is 6.92 Å². The third-order valence-electron chi connectivity index (χ3n) is 3.40. The van der Waals surface area contributed by atoms with E-state index in [4.69, 9.17) is 4.74 Å². The lowest BCUT2D eigenvalue weighted by Crippen LogP contribution is -2.38. The first-order chi connectivity index (χ1) is 7.22. The smallest absolute Gasteiger partial charge is 0.228 e. The van der Waals surface area contributed by atoms with Gasteiger partial charge in [-0.3, -0.25) is 4.79 Å². The Hall–Kier alpha value is -0.610. The standard InChI is InChI=1S/C11H19NO3/c1-2-10-9(4-6-15-10)11(14)12-5-3-8(13)7-12/h8-10,13H,2-7H2,1H3/t8-,9?,10?/m1/s1. The van der Waals surface area contributed by atoms with Gasteiger partial charge in [-0.2, -0.15) is 0 Å². The predicted molar refractivity (Wildman–Crippen MR) is 55.3 cm³/mol. The summed E-state index contributed by atoms with van der Waals surface area (Å²) in [6, 6.07) is 0. The number of carbonyl (C=O) groups is 1. The molecule has 0 aromatic rings. The van der Waals surface area contributed by atoms with Crippen LogP contribution < -0.4 is 0 Å². The number of β-amino-alcohol motifs (C(OH)–C–C–N with tert-alkyl or cyclic N) is 1. The van der Waals surface area contributed by atoms with E-state index in [1.54, 1.807) is 4.90 Å². The van der Waals surface area contributed by atoms with Crippen molar-refractivity contribution in [1.82, 2.24) is 4.90 Å². The first-order valence-corrected chi connectivity index (χ1v) is 5.80. The molecule has 0 saturated carbocycles. The van der Waals surface area contributed by atoms with Gasteiger partial charge in [0.15, 0.2) is 0 Å². The van der Waals surface area contributed by atoms with Crippen molar-refractivity contribution in [3.8, 4) is 0 Å². The molecule has 0 bridgehead atoms. The molecule has 2 aliphatic rings. The average Bonchev–Trinajstić information content (AvgIpc) is 2.84. The number of carbonyl (C=O) groups excluding carboxylic acids is 1. The van der Waals surface area contributed by atoms with Crippen molar-refractivity contribution >= 4 is 5.91 Å². The maximum Gasteiger partial charge on any atom is 0.228 e. The van der Waals surface area contributed by atoms with Gasteiger partial charge in [-0.1, -0.05) is 6.92 Å². The second kappa shape index (κ2) is 4.49. The van der Waals surface area contributed by atoms with E-state index >= 15 is 0 Å². The summed E-state index contributed by atoms with van der Waals surface area (Å²) in [7, 11) is 0. The molecule has 4 heteroatoms. The SMILES string of the molecule is CCC1OCCC1C(=O)N1CC[C@@H](O)C1. The highest BCUT2D eigenvalue weighted by atomic mass is 16.5. The van der Waals surface area contributed by atoms with Gasteiger partial charge in [-0.25, -0.2) is 0 Å². The first kappa shape index (κ1) is 10.9. The van der Waals surface area contributed by atoms with Crippen LogP contribution in [0.2, 0.25) is 0 Å². The molecule has 0 aromatic carbocycles. The summed E-state index contributed by atoms with van der Waals surface area (Å²) in [5.74, 6) is 0.205. The van der Waals surface area contributed by atoms with Crippen LogP contribution in [-0.4, -0.2) is 47.8 Å². The monoisotopic (exact) mass is 213 g/mol. The number of hydrogen-bond acceptors (Lipinski definition) is 3. The minimum absolute atomic E-state index is 0.0281. The summed E-state index contributed by atoms with van der Waals surface area (Å²) in [4.78, 5) is 13.9. The van der Waals surface area contributed by atoms with Gasteiger partial charge in [0.05, 0.1) is 18.1 Å². The highest BCUT2D eigenvalue weighted by molar-refractivity contribution is 5.80. The lowest BCUT2D eigenvalue weighted by atomic mass is 9.98. The fraction of sp³-hybridized carbons (Fsp3) is 0.909. The number of aliphatic hydroxyl groups is 1. The Bertz CT molecular complexity index is 244. The molecule has 0 radical (unpaired) electrons. The van der Waals surface area contributed by atoms with Gasteiger partial charge in [-0.15, -0.1) is 0 Å².